The van der Waals surface area contributed by atoms with Crippen molar-refractivity contribution in [2.45, 2.75) is 37.6 Å². The largest absolute Gasteiger partial charge is 0.253 e. The summed E-state index contributed by atoms with van der Waals surface area (Å²) in [5.74, 6) is 0.898. The molecule has 2 heteroatoms. The van der Waals surface area contributed by atoms with Crippen LogP contribution in [0.2, 0.25) is 0 Å². The van der Waals surface area contributed by atoms with Gasteiger partial charge in [0.05, 0.1) is 11.8 Å². The third kappa shape index (κ3) is 8.08. The first-order chi connectivity index (χ1) is 30.7. The molecule has 0 N–H and O–H groups in total. The molecule has 1 heterocycles. The fraction of sp³-hybridized carbons (Fsp3) is 0.100. The molecule has 0 radical (unpaired) electrons. The predicted molar refractivity (Wildman–Crippen MR) is 262 cm³/mol. The van der Waals surface area contributed by atoms with Crippen LogP contribution in [0, 0.1) is 0 Å². The molecule has 1 aliphatic heterocycles. The number of nitrogens with zero attached hydrogens (tertiary/aromatic N) is 2. The standard InChI is InChI=1S/C60H48N2/c1-42-36-57(52-38-49(43-22-8-2-9-23-43)37-51(39-52)54-35-21-20-34-53(54)45-26-12-4-13-27-45)61-60(48-32-18-7-19-33-48)62-59(42)56-41-50(44-24-10-3-11-25-44)40-55(46-28-14-5-15-29-46)58(56)47-30-16-6-17-31-47/h2-6,8-18,20-35,37-38,40-41,51,59H,1,7,19,36,39H2. The lowest BCUT2D eigenvalue weighted by Gasteiger charge is -2.26. The van der Waals surface area contributed by atoms with Crippen LogP contribution in [0.5, 0.6) is 0 Å². The lowest BCUT2D eigenvalue weighted by molar-refractivity contribution is 0.827. The molecule has 0 saturated carbocycles. The van der Waals surface area contributed by atoms with Crippen molar-refractivity contribution in [2.75, 3.05) is 0 Å². The summed E-state index contributed by atoms with van der Waals surface area (Å²) in [6, 6.07) is 67.1. The van der Waals surface area contributed by atoms with Gasteiger partial charge < -0.3 is 0 Å². The SMILES string of the molecule is C=C1CC(C2=CC(c3ccccc3)=CC(c3ccccc3-c3ccccc3)C2)=NC(C2=CCCC=C2)=NC1c1cc(-c2ccccc2)cc(-c2ccccc2)c1-c1ccccc1. The van der Waals surface area contributed by atoms with Crippen LogP contribution in [0.4, 0.5) is 0 Å². The van der Waals surface area contributed by atoms with E-state index in [-0.39, 0.29) is 12.0 Å². The second-order valence-corrected chi connectivity index (χ2v) is 16.4. The molecule has 0 spiro atoms. The van der Waals surface area contributed by atoms with Crippen LogP contribution in [0.25, 0.3) is 50.1 Å². The molecule has 7 aromatic carbocycles. The maximum atomic E-state index is 5.73. The van der Waals surface area contributed by atoms with Gasteiger partial charge in [0.2, 0.25) is 0 Å². The van der Waals surface area contributed by atoms with Crippen LogP contribution in [0.1, 0.15) is 54.3 Å². The molecule has 10 rings (SSSR count). The first-order valence-electron chi connectivity index (χ1n) is 21.8. The first-order valence-corrected chi connectivity index (χ1v) is 21.8. The van der Waals surface area contributed by atoms with Crippen LogP contribution in [0.3, 0.4) is 0 Å². The van der Waals surface area contributed by atoms with Crippen molar-refractivity contribution in [3.63, 3.8) is 0 Å². The molecule has 0 amide bonds. The van der Waals surface area contributed by atoms with Crippen molar-refractivity contribution >= 4 is 17.1 Å². The molecule has 2 atom stereocenters. The Hall–Kier alpha value is -7.42. The Morgan fingerprint density at radius 3 is 1.73 bits per heavy atom. The number of hydrogen-bond donors (Lipinski definition) is 0. The normalized spacial score (nSPS) is 17.5. The molecule has 3 aliphatic rings. The minimum Gasteiger partial charge on any atom is -0.253 e. The lowest BCUT2D eigenvalue weighted by atomic mass is 9.78. The van der Waals surface area contributed by atoms with E-state index in [4.69, 9.17) is 16.6 Å². The van der Waals surface area contributed by atoms with Gasteiger partial charge in [-0.15, -0.1) is 0 Å². The van der Waals surface area contributed by atoms with Crippen molar-refractivity contribution in [1.82, 2.24) is 0 Å². The van der Waals surface area contributed by atoms with Crippen LogP contribution >= 0.6 is 0 Å². The number of allylic oxidation sites excluding steroid dienone is 6. The zero-order valence-electron chi connectivity index (χ0n) is 34.9. The van der Waals surface area contributed by atoms with Crippen LogP contribution in [0.15, 0.2) is 252 Å². The zero-order chi connectivity index (χ0) is 41.7. The second-order valence-electron chi connectivity index (χ2n) is 16.4. The molecule has 62 heavy (non-hydrogen) atoms. The highest BCUT2D eigenvalue weighted by Gasteiger charge is 2.30. The van der Waals surface area contributed by atoms with E-state index >= 15 is 0 Å². The average molecular weight is 797 g/mol. The first kappa shape index (κ1) is 38.8. The van der Waals surface area contributed by atoms with Gasteiger partial charge in [-0.3, -0.25) is 4.99 Å². The molecular weight excluding hydrogens is 749 g/mol. The molecule has 298 valence electrons. The van der Waals surface area contributed by atoms with E-state index in [0.29, 0.717) is 6.42 Å². The van der Waals surface area contributed by atoms with Crippen molar-refractivity contribution in [3.05, 3.63) is 258 Å². The fourth-order valence-corrected chi connectivity index (χ4v) is 9.28. The number of aliphatic imine (C=N–C) groups is 2. The Morgan fingerprint density at radius 2 is 1.08 bits per heavy atom. The van der Waals surface area contributed by atoms with E-state index in [1.807, 2.05) is 0 Å². The maximum absolute atomic E-state index is 5.73. The monoisotopic (exact) mass is 796 g/mol. The van der Waals surface area contributed by atoms with Crippen LogP contribution < -0.4 is 0 Å². The lowest BCUT2D eigenvalue weighted by Crippen LogP contribution is -2.14. The zero-order valence-corrected chi connectivity index (χ0v) is 34.9. The van der Waals surface area contributed by atoms with Gasteiger partial charge >= 0.3 is 0 Å². The molecule has 0 aromatic heterocycles. The van der Waals surface area contributed by atoms with Gasteiger partial charge in [-0.25, -0.2) is 4.99 Å². The highest BCUT2D eigenvalue weighted by Crippen LogP contribution is 2.46. The highest BCUT2D eigenvalue weighted by atomic mass is 15.0. The Morgan fingerprint density at radius 1 is 0.500 bits per heavy atom. The van der Waals surface area contributed by atoms with Gasteiger partial charge in [0, 0.05) is 17.9 Å². The number of rotatable bonds is 9. The number of hydrogen-bond acceptors (Lipinski definition) is 2. The highest BCUT2D eigenvalue weighted by molar-refractivity contribution is 6.15. The summed E-state index contributed by atoms with van der Waals surface area (Å²) in [5, 5.41) is 0. The summed E-state index contributed by atoms with van der Waals surface area (Å²) < 4.78 is 0. The van der Waals surface area contributed by atoms with E-state index in [2.05, 4.69) is 218 Å². The van der Waals surface area contributed by atoms with Gasteiger partial charge in [0.1, 0.15) is 0 Å². The van der Waals surface area contributed by atoms with E-state index in [1.54, 1.807) is 0 Å². The summed E-state index contributed by atoms with van der Waals surface area (Å²) in [6.45, 7) is 4.94. The van der Waals surface area contributed by atoms with E-state index in [9.17, 15) is 0 Å². The van der Waals surface area contributed by atoms with Gasteiger partial charge in [-0.1, -0.05) is 207 Å². The van der Waals surface area contributed by atoms with Crippen molar-refractivity contribution < 1.29 is 0 Å². The van der Waals surface area contributed by atoms with Gasteiger partial charge in [0.25, 0.3) is 0 Å². The van der Waals surface area contributed by atoms with Crippen molar-refractivity contribution in [3.8, 4) is 44.5 Å². The van der Waals surface area contributed by atoms with Crippen LogP contribution in [-0.2, 0) is 0 Å². The Labute approximate surface area is 366 Å². The molecule has 2 aliphatic carbocycles. The van der Waals surface area contributed by atoms with Crippen LogP contribution in [-0.4, -0.2) is 11.5 Å². The molecule has 2 nitrogen and oxygen atoms in total. The summed E-state index contributed by atoms with van der Waals surface area (Å²) in [7, 11) is 0. The Balaban J connectivity index is 1.14. The average Bonchev–Trinajstić information content (AvgIpc) is 3.54. The number of amidine groups is 1. The third-order valence-electron chi connectivity index (χ3n) is 12.3. The van der Waals surface area contributed by atoms with Gasteiger partial charge in [-0.2, -0.15) is 0 Å². The molecule has 2 unspecified atom stereocenters. The summed E-state index contributed by atoms with van der Waals surface area (Å²) >= 11 is 0. The minimum atomic E-state index is -0.355. The Bertz CT molecular complexity index is 2930. The predicted octanol–water partition coefficient (Wildman–Crippen LogP) is 15.7. The minimum absolute atomic E-state index is 0.131. The molecule has 7 aromatic rings. The molecule has 0 fully saturated rings. The van der Waals surface area contributed by atoms with E-state index in [1.165, 1.54) is 50.1 Å². The molecular formula is C60H48N2. The van der Waals surface area contributed by atoms with Gasteiger partial charge in [-0.05, 0) is 115 Å². The summed E-state index contributed by atoms with van der Waals surface area (Å²) in [4.78, 5) is 11.4. The van der Waals surface area contributed by atoms with E-state index in [0.717, 1.165) is 64.2 Å². The molecule has 0 saturated heterocycles. The summed E-state index contributed by atoms with van der Waals surface area (Å²) in [6.07, 6.45) is 15.0. The topological polar surface area (TPSA) is 24.7 Å². The fourth-order valence-electron chi connectivity index (χ4n) is 9.28. The Kier molecular flexibility index (Phi) is 11.0. The molecule has 0 bridgehead atoms. The third-order valence-corrected chi connectivity index (χ3v) is 12.3. The van der Waals surface area contributed by atoms with Crippen molar-refractivity contribution in [1.29, 1.82) is 0 Å². The van der Waals surface area contributed by atoms with E-state index < -0.39 is 0 Å². The second kappa shape index (κ2) is 17.7. The van der Waals surface area contributed by atoms with Crippen molar-refractivity contribution in [2.24, 2.45) is 9.98 Å². The summed E-state index contributed by atoms with van der Waals surface area (Å²) in [5.41, 5.74) is 18.7. The van der Waals surface area contributed by atoms with Gasteiger partial charge in [0.15, 0.2) is 5.84 Å². The number of benzene rings is 7. The smallest absolute Gasteiger partial charge is 0.155 e. The maximum Gasteiger partial charge on any atom is 0.155 e. The quantitative estimate of drug-likeness (QED) is 0.130.